The van der Waals surface area contributed by atoms with E-state index in [0.717, 1.165) is 12.1 Å². The monoisotopic (exact) mass is 302 g/mol. The van der Waals surface area contributed by atoms with E-state index in [0.29, 0.717) is 26.1 Å². The van der Waals surface area contributed by atoms with Gasteiger partial charge in [0.2, 0.25) is 5.91 Å². The van der Waals surface area contributed by atoms with Crippen molar-refractivity contribution in [2.75, 3.05) is 24.5 Å². The second kappa shape index (κ2) is 5.59. The molecule has 1 spiro atoms. The van der Waals surface area contributed by atoms with Crippen LogP contribution in [0.25, 0.3) is 0 Å². The lowest BCUT2D eigenvalue weighted by molar-refractivity contribution is -0.117. The standard InChI is InChI=1S/C16H22N4O2/c1-12(2)18-15(22)19-7-5-16(10-19)8-14(21)20(11-16)13-4-3-6-17-9-13/h3-4,6,9,12H,5,7-8,10-11H2,1-2H3,(H,18,22). The van der Waals surface area contributed by atoms with Crippen molar-refractivity contribution >= 4 is 17.6 Å². The molecule has 2 aliphatic rings. The van der Waals surface area contributed by atoms with Crippen LogP contribution in [0.15, 0.2) is 24.5 Å². The summed E-state index contributed by atoms with van der Waals surface area (Å²) >= 11 is 0. The number of likely N-dealkylation sites (tertiary alicyclic amines) is 1. The lowest BCUT2D eigenvalue weighted by Crippen LogP contribution is -2.43. The van der Waals surface area contributed by atoms with Gasteiger partial charge in [0, 0.05) is 43.7 Å². The summed E-state index contributed by atoms with van der Waals surface area (Å²) in [4.78, 5) is 32.2. The molecule has 3 amide bonds. The third-order valence-corrected chi connectivity index (χ3v) is 4.42. The molecule has 1 unspecified atom stereocenters. The van der Waals surface area contributed by atoms with Crippen LogP contribution in [0, 0.1) is 5.41 Å². The second-order valence-corrected chi connectivity index (χ2v) is 6.64. The van der Waals surface area contributed by atoms with Crippen LogP contribution in [0.2, 0.25) is 0 Å². The molecule has 2 fully saturated rings. The highest BCUT2D eigenvalue weighted by molar-refractivity contribution is 5.96. The summed E-state index contributed by atoms with van der Waals surface area (Å²) in [7, 11) is 0. The zero-order chi connectivity index (χ0) is 15.7. The van der Waals surface area contributed by atoms with E-state index >= 15 is 0 Å². The number of urea groups is 1. The van der Waals surface area contributed by atoms with E-state index in [9.17, 15) is 9.59 Å². The molecule has 6 nitrogen and oxygen atoms in total. The molecule has 0 aliphatic carbocycles. The summed E-state index contributed by atoms with van der Waals surface area (Å²) in [5, 5.41) is 2.92. The quantitative estimate of drug-likeness (QED) is 0.903. The van der Waals surface area contributed by atoms with Gasteiger partial charge in [-0.05, 0) is 32.4 Å². The zero-order valence-corrected chi connectivity index (χ0v) is 13.1. The fourth-order valence-electron chi connectivity index (χ4n) is 3.36. The van der Waals surface area contributed by atoms with Crippen LogP contribution in [0.5, 0.6) is 0 Å². The molecule has 1 atom stereocenters. The Morgan fingerprint density at radius 2 is 2.23 bits per heavy atom. The summed E-state index contributed by atoms with van der Waals surface area (Å²) in [5.41, 5.74) is 0.732. The molecular formula is C16H22N4O2. The van der Waals surface area contributed by atoms with Crippen molar-refractivity contribution in [3.63, 3.8) is 0 Å². The zero-order valence-electron chi connectivity index (χ0n) is 13.1. The second-order valence-electron chi connectivity index (χ2n) is 6.64. The average Bonchev–Trinajstić information content (AvgIpc) is 3.03. The highest BCUT2D eigenvalue weighted by atomic mass is 16.2. The molecule has 22 heavy (non-hydrogen) atoms. The van der Waals surface area contributed by atoms with Gasteiger partial charge in [0.15, 0.2) is 0 Å². The van der Waals surface area contributed by atoms with Crippen molar-refractivity contribution in [1.29, 1.82) is 0 Å². The van der Waals surface area contributed by atoms with Crippen molar-refractivity contribution in [2.24, 2.45) is 5.41 Å². The molecule has 0 saturated carbocycles. The Morgan fingerprint density at radius 1 is 1.41 bits per heavy atom. The molecule has 6 heteroatoms. The van der Waals surface area contributed by atoms with Crippen LogP contribution >= 0.6 is 0 Å². The number of rotatable bonds is 2. The third-order valence-electron chi connectivity index (χ3n) is 4.42. The Balaban J connectivity index is 1.69. The number of hydrogen-bond donors (Lipinski definition) is 1. The summed E-state index contributed by atoms with van der Waals surface area (Å²) in [5.74, 6) is 0.124. The summed E-state index contributed by atoms with van der Waals surface area (Å²) in [6.07, 6.45) is 4.80. The Bertz CT molecular complexity index is 575. The van der Waals surface area contributed by atoms with E-state index < -0.39 is 0 Å². The highest BCUT2D eigenvalue weighted by Gasteiger charge is 2.48. The van der Waals surface area contributed by atoms with E-state index in [1.165, 1.54) is 0 Å². The molecule has 0 bridgehead atoms. The third kappa shape index (κ3) is 2.77. The molecule has 0 aromatic carbocycles. The van der Waals surface area contributed by atoms with Crippen LogP contribution in [0.1, 0.15) is 26.7 Å². The summed E-state index contributed by atoms with van der Waals surface area (Å²) < 4.78 is 0. The normalized spacial score (nSPS) is 24.6. The lowest BCUT2D eigenvalue weighted by Gasteiger charge is -2.24. The van der Waals surface area contributed by atoms with Gasteiger partial charge >= 0.3 is 6.03 Å². The van der Waals surface area contributed by atoms with Crippen molar-refractivity contribution in [3.05, 3.63) is 24.5 Å². The summed E-state index contributed by atoms with van der Waals surface area (Å²) in [6.45, 7) is 5.93. The largest absolute Gasteiger partial charge is 0.336 e. The molecule has 1 aromatic heterocycles. The first-order chi connectivity index (χ1) is 10.5. The minimum Gasteiger partial charge on any atom is -0.336 e. The van der Waals surface area contributed by atoms with Crippen LogP contribution in [0.3, 0.4) is 0 Å². The van der Waals surface area contributed by atoms with Crippen molar-refractivity contribution in [2.45, 2.75) is 32.7 Å². The number of nitrogens with zero attached hydrogens (tertiary/aromatic N) is 3. The molecular weight excluding hydrogens is 280 g/mol. The maximum Gasteiger partial charge on any atom is 0.317 e. The number of hydrogen-bond acceptors (Lipinski definition) is 3. The molecule has 3 rings (SSSR count). The number of carbonyl (C=O) groups is 2. The van der Waals surface area contributed by atoms with Gasteiger partial charge in [0.25, 0.3) is 0 Å². The number of aromatic nitrogens is 1. The molecule has 0 radical (unpaired) electrons. The molecule has 1 aromatic rings. The fraction of sp³-hybridized carbons (Fsp3) is 0.562. The van der Waals surface area contributed by atoms with Crippen LogP contribution < -0.4 is 10.2 Å². The predicted octanol–water partition coefficient (Wildman–Crippen LogP) is 1.63. The van der Waals surface area contributed by atoms with E-state index in [1.807, 2.05) is 30.9 Å². The van der Waals surface area contributed by atoms with Gasteiger partial charge in [-0.2, -0.15) is 0 Å². The van der Waals surface area contributed by atoms with Gasteiger partial charge < -0.3 is 15.1 Å². The highest BCUT2D eigenvalue weighted by Crippen LogP contribution is 2.41. The lowest BCUT2D eigenvalue weighted by atomic mass is 9.86. The number of carbonyl (C=O) groups excluding carboxylic acids is 2. The van der Waals surface area contributed by atoms with Gasteiger partial charge in [0.05, 0.1) is 11.9 Å². The number of pyridine rings is 1. The molecule has 3 heterocycles. The fourth-order valence-corrected chi connectivity index (χ4v) is 3.36. The first-order valence-electron chi connectivity index (χ1n) is 7.75. The minimum absolute atomic E-state index is 0.0286. The number of amides is 3. The maximum atomic E-state index is 12.4. The van der Waals surface area contributed by atoms with Crippen molar-refractivity contribution < 1.29 is 9.59 Å². The number of anilines is 1. The SMILES string of the molecule is CC(C)NC(=O)N1CCC2(CC(=O)N(c3cccnc3)C2)C1. The van der Waals surface area contributed by atoms with Gasteiger partial charge in [-0.3, -0.25) is 9.78 Å². The van der Waals surface area contributed by atoms with Crippen molar-refractivity contribution in [1.82, 2.24) is 15.2 Å². The first-order valence-corrected chi connectivity index (χ1v) is 7.75. The van der Waals surface area contributed by atoms with Gasteiger partial charge in [-0.25, -0.2) is 4.79 Å². The molecule has 118 valence electrons. The molecule has 2 aliphatic heterocycles. The Kier molecular flexibility index (Phi) is 3.76. The van der Waals surface area contributed by atoms with E-state index in [-0.39, 0.29) is 23.4 Å². The van der Waals surface area contributed by atoms with Crippen LogP contribution in [-0.4, -0.2) is 47.5 Å². The smallest absolute Gasteiger partial charge is 0.317 e. The molecule has 1 N–H and O–H groups in total. The molecule has 2 saturated heterocycles. The van der Waals surface area contributed by atoms with Gasteiger partial charge in [-0.1, -0.05) is 0 Å². The first kappa shape index (κ1) is 14.8. The van der Waals surface area contributed by atoms with Gasteiger partial charge in [-0.15, -0.1) is 0 Å². The van der Waals surface area contributed by atoms with Crippen LogP contribution in [0.4, 0.5) is 10.5 Å². The topological polar surface area (TPSA) is 65.5 Å². The van der Waals surface area contributed by atoms with Crippen molar-refractivity contribution in [3.8, 4) is 0 Å². The Morgan fingerprint density at radius 3 is 2.91 bits per heavy atom. The van der Waals surface area contributed by atoms with Gasteiger partial charge in [0.1, 0.15) is 0 Å². The Labute approximate surface area is 130 Å². The Hall–Kier alpha value is -2.11. The maximum absolute atomic E-state index is 12.4. The minimum atomic E-state index is -0.110. The summed E-state index contributed by atoms with van der Waals surface area (Å²) in [6, 6.07) is 3.84. The van der Waals surface area contributed by atoms with Crippen LogP contribution in [-0.2, 0) is 4.79 Å². The van der Waals surface area contributed by atoms with E-state index in [4.69, 9.17) is 0 Å². The van der Waals surface area contributed by atoms with E-state index in [1.54, 1.807) is 17.3 Å². The van der Waals surface area contributed by atoms with E-state index in [2.05, 4.69) is 10.3 Å². The predicted molar refractivity (Wildman–Crippen MR) is 83.5 cm³/mol. The number of nitrogens with one attached hydrogen (secondary N) is 1. The average molecular weight is 302 g/mol.